The Balaban J connectivity index is 1.66. The van der Waals surface area contributed by atoms with E-state index < -0.39 is 0 Å². The fourth-order valence-electron chi connectivity index (χ4n) is 2.46. The first-order chi connectivity index (χ1) is 13.1. The smallest absolute Gasteiger partial charge is 0.208 e. The standard InChI is InChI=1S/C18H19N3O4S2/c1-23-14-7-11(8-15(24-2)17(14)25-3)13(22)10-27-18-19-16(20-21-18)9-12-5-4-6-26-12/h4-8H,9-10H2,1-3H3,(H,19,20,21). The second kappa shape index (κ2) is 8.92. The van der Waals surface area contributed by atoms with Crippen molar-refractivity contribution in [3.05, 3.63) is 45.9 Å². The number of carbonyl (C=O) groups excluding carboxylic acids is 1. The largest absolute Gasteiger partial charge is 0.493 e. The molecule has 1 aromatic carbocycles. The number of aromatic nitrogens is 3. The van der Waals surface area contributed by atoms with Crippen LogP contribution in [0.2, 0.25) is 0 Å². The van der Waals surface area contributed by atoms with Crippen LogP contribution in [0, 0.1) is 0 Å². The third-order valence-corrected chi connectivity index (χ3v) is 5.48. The molecule has 9 heteroatoms. The van der Waals surface area contributed by atoms with Gasteiger partial charge < -0.3 is 14.2 Å². The molecule has 2 aromatic heterocycles. The summed E-state index contributed by atoms with van der Waals surface area (Å²) >= 11 is 2.95. The van der Waals surface area contributed by atoms with Crippen molar-refractivity contribution in [2.45, 2.75) is 11.6 Å². The second-order valence-electron chi connectivity index (χ2n) is 5.45. The van der Waals surface area contributed by atoms with E-state index in [1.165, 1.54) is 38.0 Å². The van der Waals surface area contributed by atoms with E-state index in [1.807, 2.05) is 17.5 Å². The first-order valence-electron chi connectivity index (χ1n) is 8.04. The van der Waals surface area contributed by atoms with Crippen LogP contribution in [0.25, 0.3) is 0 Å². The van der Waals surface area contributed by atoms with Crippen molar-refractivity contribution in [3.8, 4) is 17.2 Å². The lowest BCUT2D eigenvalue weighted by Gasteiger charge is -2.13. The van der Waals surface area contributed by atoms with Crippen LogP contribution in [0.3, 0.4) is 0 Å². The lowest BCUT2D eigenvalue weighted by molar-refractivity contribution is 0.102. The molecular formula is C18H19N3O4S2. The number of nitrogens with zero attached hydrogens (tertiary/aromatic N) is 2. The summed E-state index contributed by atoms with van der Waals surface area (Å²) in [6.07, 6.45) is 0.700. The molecular weight excluding hydrogens is 386 g/mol. The van der Waals surface area contributed by atoms with E-state index in [0.717, 1.165) is 5.82 Å². The van der Waals surface area contributed by atoms with Gasteiger partial charge in [-0.2, -0.15) is 0 Å². The van der Waals surface area contributed by atoms with Gasteiger partial charge in [0.1, 0.15) is 5.82 Å². The van der Waals surface area contributed by atoms with Crippen LogP contribution in [-0.2, 0) is 6.42 Å². The van der Waals surface area contributed by atoms with Crippen LogP contribution in [0.4, 0.5) is 0 Å². The van der Waals surface area contributed by atoms with Gasteiger partial charge in [-0.3, -0.25) is 9.89 Å². The fourth-order valence-corrected chi connectivity index (χ4v) is 3.88. The molecule has 7 nitrogen and oxygen atoms in total. The third-order valence-electron chi connectivity index (χ3n) is 3.75. The lowest BCUT2D eigenvalue weighted by Crippen LogP contribution is -2.05. The Morgan fingerprint density at radius 1 is 1.19 bits per heavy atom. The number of Topliss-reactive ketones (excluding diaryl/α,β-unsaturated/α-hetero) is 1. The number of aromatic amines is 1. The quantitative estimate of drug-likeness (QED) is 0.431. The van der Waals surface area contributed by atoms with Crippen LogP contribution in [0.15, 0.2) is 34.8 Å². The Hall–Kier alpha value is -2.52. The molecule has 0 bridgehead atoms. The molecule has 0 fully saturated rings. The topological polar surface area (TPSA) is 86.3 Å². The van der Waals surface area contributed by atoms with Gasteiger partial charge in [0.25, 0.3) is 0 Å². The molecule has 0 aliphatic heterocycles. The highest BCUT2D eigenvalue weighted by Crippen LogP contribution is 2.38. The van der Waals surface area contributed by atoms with E-state index in [-0.39, 0.29) is 11.5 Å². The highest BCUT2D eigenvalue weighted by atomic mass is 32.2. The van der Waals surface area contributed by atoms with Crippen molar-refractivity contribution in [3.63, 3.8) is 0 Å². The number of benzene rings is 1. The molecule has 0 atom stereocenters. The number of thiophene rings is 1. The van der Waals surface area contributed by atoms with E-state index in [2.05, 4.69) is 15.2 Å². The zero-order chi connectivity index (χ0) is 19.2. The van der Waals surface area contributed by atoms with E-state index in [4.69, 9.17) is 14.2 Å². The molecule has 2 heterocycles. The number of thioether (sulfide) groups is 1. The highest BCUT2D eigenvalue weighted by molar-refractivity contribution is 7.99. The Morgan fingerprint density at radius 3 is 2.52 bits per heavy atom. The normalized spacial score (nSPS) is 10.6. The Morgan fingerprint density at radius 2 is 1.93 bits per heavy atom. The molecule has 0 aliphatic carbocycles. The molecule has 1 N–H and O–H groups in total. The summed E-state index contributed by atoms with van der Waals surface area (Å²) in [7, 11) is 4.56. The summed E-state index contributed by atoms with van der Waals surface area (Å²) in [5.41, 5.74) is 0.478. The van der Waals surface area contributed by atoms with Crippen LogP contribution in [0.5, 0.6) is 17.2 Å². The highest BCUT2D eigenvalue weighted by Gasteiger charge is 2.18. The third kappa shape index (κ3) is 4.61. The Labute approximate surface area is 165 Å². The molecule has 27 heavy (non-hydrogen) atoms. The maximum atomic E-state index is 12.6. The number of hydrogen-bond donors (Lipinski definition) is 1. The van der Waals surface area contributed by atoms with Crippen molar-refractivity contribution in [1.29, 1.82) is 0 Å². The first-order valence-corrected chi connectivity index (χ1v) is 9.90. The van der Waals surface area contributed by atoms with Crippen molar-refractivity contribution in [2.75, 3.05) is 27.1 Å². The average Bonchev–Trinajstić information content (AvgIpc) is 3.37. The first kappa shape index (κ1) is 19.2. The van der Waals surface area contributed by atoms with Crippen LogP contribution in [0.1, 0.15) is 21.1 Å². The molecule has 0 saturated heterocycles. The number of hydrogen-bond acceptors (Lipinski definition) is 8. The molecule has 3 rings (SSSR count). The minimum Gasteiger partial charge on any atom is -0.493 e. The number of H-pyrrole nitrogens is 1. The SMILES string of the molecule is COc1cc(C(=O)CSc2n[nH]c(Cc3cccs3)n2)cc(OC)c1OC. The van der Waals surface area contributed by atoms with Gasteiger partial charge in [-0.15, -0.1) is 16.4 Å². The number of carbonyl (C=O) groups is 1. The van der Waals surface area contributed by atoms with Gasteiger partial charge >= 0.3 is 0 Å². The van der Waals surface area contributed by atoms with E-state index in [1.54, 1.807) is 23.5 Å². The van der Waals surface area contributed by atoms with Gasteiger partial charge in [0, 0.05) is 16.9 Å². The molecule has 142 valence electrons. The number of ether oxygens (including phenoxy) is 3. The monoisotopic (exact) mass is 405 g/mol. The fraction of sp³-hybridized carbons (Fsp3) is 0.278. The molecule has 0 radical (unpaired) electrons. The van der Waals surface area contributed by atoms with Gasteiger partial charge in [0.15, 0.2) is 17.3 Å². The zero-order valence-corrected chi connectivity index (χ0v) is 16.8. The maximum absolute atomic E-state index is 12.6. The Kier molecular flexibility index (Phi) is 6.36. The van der Waals surface area contributed by atoms with Gasteiger partial charge in [-0.05, 0) is 23.6 Å². The lowest BCUT2D eigenvalue weighted by atomic mass is 10.1. The van der Waals surface area contributed by atoms with Gasteiger partial charge in [0.05, 0.1) is 27.1 Å². The van der Waals surface area contributed by atoms with Crippen LogP contribution < -0.4 is 14.2 Å². The number of rotatable bonds is 9. The Bertz CT molecular complexity index is 884. The summed E-state index contributed by atoms with van der Waals surface area (Å²) in [5, 5.41) is 9.65. The minimum absolute atomic E-state index is 0.0798. The molecule has 3 aromatic rings. The molecule has 0 spiro atoms. The number of methoxy groups -OCH3 is 3. The van der Waals surface area contributed by atoms with Crippen molar-refractivity contribution >= 4 is 28.9 Å². The molecule has 0 amide bonds. The second-order valence-corrected chi connectivity index (χ2v) is 7.42. The van der Waals surface area contributed by atoms with Gasteiger partial charge in [0.2, 0.25) is 10.9 Å². The molecule has 0 saturated carbocycles. The molecule has 0 aliphatic rings. The number of ketones is 1. The van der Waals surface area contributed by atoms with E-state index in [0.29, 0.717) is 34.4 Å². The average molecular weight is 406 g/mol. The van der Waals surface area contributed by atoms with Gasteiger partial charge in [-0.1, -0.05) is 17.8 Å². The predicted octanol–water partition coefficient (Wildman–Crippen LogP) is 3.46. The molecule has 0 unspecified atom stereocenters. The summed E-state index contributed by atoms with van der Waals surface area (Å²) in [4.78, 5) is 18.2. The van der Waals surface area contributed by atoms with Gasteiger partial charge in [-0.25, -0.2) is 4.98 Å². The van der Waals surface area contributed by atoms with E-state index >= 15 is 0 Å². The number of nitrogens with one attached hydrogen (secondary N) is 1. The van der Waals surface area contributed by atoms with Crippen molar-refractivity contribution < 1.29 is 19.0 Å². The summed E-state index contributed by atoms with van der Waals surface area (Å²) < 4.78 is 15.9. The van der Waals surface area contributed by atoms with Crippen LogP contribution in [-0.4, -0.2) is 48.0 Å². The minimum atomic E-state index is -0.0798. The predicted molar refractivity (Wildman–Crippen MR) is 105 cm³/mol. The summed E-state index contributed by atoms with van der Waals surface area (Å²) in [5.74, 6) is 2.25. The maximum Gasteiger partial charge on any atom is 0.208 e. The van der Waals surface area contributed by atoms with Crippen molar-refractivity contribution in [2.24, 2.45) is 0 Å². The van der Waals surface area contributed by atoms with Crippen molar-refractivity contribution in [1.82, 2.24) is 15.2 Å². The summed E-state index contributed by atoms with van der Waals surface area (Å²) in [6, 6.07) is 7.34. The van der Waals surface area contributed by atoms with Crippen LogP contribution >= 0.6 is 23.1 Å². The van der Waals surface area contributed by atoms with E-state index in [9.17, 15) is 4.79 Å². The zero-order valence-electron chi connectivity index (χ0n) is 15.1. The summed E-state index contributed by atoms with van der Waals surface area (Å²) in [6.45, 7) is 0.